The van der Waals surface area contributed by atoms with Gasteiger partial charge in [-0.25, -0.2) is 4.98 Å². The van der Waals surface area contributed by atoms with E-state index in [2.05, 4.69) is 22.3 Å². The molecule has 1 N–H and O–H groups in total. The Bertz CT molecular complexity index is 482. The van der Waals surface area contributed by atoms with E-state index in [9.17, 15) is 0 Å². The van der Waals surface area contributed by atoms with Crippen LogP contribution in [-0.4, -0.2) is 19.3 Å². The van der Waals surface area contributed by atoms with Crippen molar-refractivity contribution in [1.29, 1.82) is 0 Å². The first-order valence-electron chi connectivity index (χ1n) is 5.32. The number of nitrogens with zero attached hydrogens (tertiary/aromatic N) is 4. The molecule has 0 amide bonds. The molecule has 0 saturated carbocycles. The van der Waals surface area contributed by atoms with Gasteiger partial charge in [-0.3, -0.25) is 4.68 Å². The van der Waals surface area contributed by atoms with Crippen molar-refractivity contribution in [2.45, 2.75) is 19.9 Å². The Morgan fingerprint density at radius 3 is 2.62 bits per heavy atom. The second-order valence-corrected chi connectivity index (χ2v) is 4.06. The lowest BCUT2D eigenvalue weighted by molar-refractivity contribution is 0.721. The van der Waals surface area contributed by atoms with Crippen molar-refractivity contribution in [3.05, 3.63) is 30.1 Å². The van der Waals surface area contributed by atoms with E-state index in [1.165, 1.54) is 0 Å². The molecule has 2 aromatic rings. The largest absolute Gasteiger partial charge is 0.373 e. The summed E-state index contributed by atoms with van der Waals surface area (Å²) in [5.74, 6) is 1.02. The van der Waals surface area contributed by atoms with Crippen LogP contribution in [0.2, 0.25) is 0 Å². The van der Waals surface area contributed by atoms with E-state index in [-0.39, 0.29) is 6.04 Å². The van der Waals surface area contributed by atoms with Gasteiger partial charge in [-0.2, -0.15) is 5.10 Å². The zero-order chi connectivity index (χ0) is 11.7. The van der Waals surface area contributed by atoms with Crippen LogP contribution in [0.4, 0.5) is 5.69 Å². The molecule has 5 heteroatoms. The van der Waals surface area contributed by atoms with E-state index in [0.717, 1.165) is 17.2 Å². The average molecular weight is 219 g/mol. The van der Waals surface area contributed by atoms with Crippen molar-refractivity contribution >= 4 is 5.69 Å². The molecule has 0 bridgehead atoms. The van der Waals surface area contributed by atoms with Crippen LogP contribution in [0.15, 0.2) is 18.6 Å². The molecule has 86 valence electrons. The number of aryl methyl sites for hydroxylation is 3. The molecule has 0 aliphatic heterocycles. The summed E-state index contributed by atoms with van der Waals surface area (Å²) in [6.45, 7) is 4.09. The molecule has 0 aliphatic carbocycles. The predicted molar refractivity (Wildman–Crippen MR) is 63.2 cm³/mol. The number of imidazole rings is 1. The predicted octanol–water partition coefficient (Wildman–Crippen LogP) is 1.64. The quantitative estimate of drug-likeness (QED) is 0.853. The Labute approximate surface area is 95.1 Å². The fourth-order valence-electron chi connectivity index (χ4n) is 1.83. The van der Waals surface area contributed by atoms with Crippen molar-refractivity contribution in [2.24, 2.45) is 14.1 Å². The minimum absolute atomic E-state index is 0.169. The lowest BCUT2D eigenvalue weighted by Crippen LogP contribution is -2.12. The Kier molecular flexibility index (Phi) is 2.68. The molecule has 2 heterocycles. The molecule has 0 aromatic carbocycles. The minimum atomic E-state index is 0.169. The molecule has 2 aromatic heterocycles. The Hall–Kier alpha value is -1.78. The van der Waals surface area contributed by atoms with Crippen molar-refractivity contribution in [2.75, 3.05) is 5.32 Å². The van der Waals surface area contributed by atoms with Gasteiger partial charge in [0.2, 0.25) is 0 Å². The first-order chi connectivity index (χ1) is 7.58. The van der Waals surface area contributed by atoms with Crippen LogP contribution in [0.25, 0.3) is 0 Å². The molecule has 0 saturated heterocycles. The number of aromatic nitrogens is 4. The van der Waals surface area contributed by atoms with Gasteiger partial charge in [0.15, 0.2) is 0 Å². The molecule has 5 nitrogen and oxygen atoms in total. The number of nitrogens with one attached hydrogen (secondary N) is 1. The van der Waals surface area contributed by atoms with Crippen molar-refractivity contribution in [3.8, 4) is 0 Å². The summed E-state index contributed by atoms with van der Waals surface area (Å²) in [4.78, 5) is 4.32. The van der Waals surface area contributed by atoms with Gasteiger partial charge >= 0.3 is 0 Å². The van der Waals surface area contributed by atoms with Crippen LogP contribution in [0, 0.1) is 6.92 Å². The normalized spacial score (nSPS) is 12.8. The standard InChI is InChI=1S/C11H17N5/c1-8-10(7-16(4)14-8)13-9(2)11-12-5-6-15(11)3/h5-7,9,13H,1-4H3. The highest BCUT2D eigenvalue weighted by atomic mass is 15.3. The number of hydrogen-bond donors (Lipinski definition) is 1. The molecule has 0 radical (unpaired) electrons. The summed E-state index contributed by atoms with van der Waals surface area (Å²) in [7, 11) is 3.92. The topological polar surface area (TPSA) is 47.7 Å². The zero-order valence-electron chi connectivity index (χ0n) is 10.1. The van der Waals surface area contributed by atoms with E-state index in [1.54, 1.807) is 0 Å². The monoisotopic (exact) mass is 219 g/mol. The molecular weight excluding hydrogens is 202 g/mol. The summed E-state index contributed by atoms with van der Waals surface area (Å²) in [6.07, 6.45) is 5.74. The smallest absolute Gasteiger partial charge is 0.130 e. The van der Waals surface area contributed by atoms with Gasteiger partial charge in [0, 0.05) is 32.7 Å². The Morgan fingerprint density at radius 1 is 1.38 bits per heavy atom. The van der Waals surface area contributed by atoms with E-state index < -0.39 is 0 Å². The van der Waals surface area contributed by atoms with Crippen molar-refractivity contribution < 1.29 is 0 Å². The fourth-order valence-corrected chi connectivity index (χ4v) is 1.83. The minimum Gasteiger partial charge on any atom is -0.373 e. The number of anilines is 1. The van der Waals surface area contributed by atoms with E-state index in [0.29, 0.717) is 0 Å². The molecule has 1 atom stereocenters. The molecule has 1 unspecified atom stereocenters. The van der Waals surface area contributed by atoms with E-state index in [1.807, 2.05) is 48.9 Å². The van der Waals surface area contributed by atoms with Gasteiger partial charge in [-0.15, -0.1) is 0 Å². The summed E-state index contributed by atoms with van der Waals surface area (Å²) in [6, 6.07) is 0.169. The second-order valence-electron chi connectivity index (χ2n) is 4.06. The van der Waals surface area contributed by atoms with Crippen LogP contribution in [0.3, 0.4) is 0 Å². The maximum Gasteiger partial charge on any atom is 0.130 e. The van der Waals surface area contributed by atoms with Gasteiger partial charge in [0.1, 0.15) is 5.82 Å². The molecule has 0 spiro atoms. The van der Waals surface area contributed by atoms with E-state index >= 15 is 0 Å². The Morgan fingerprint density at radius 2 is 2.12 bits per heavy atom. The fraction of sp³-hybridized carbons (Fsp3) is 0.455. The second kappa shape index (κ2) is 4.00. The lowest BCUT2D eigenvalue weighted by Gasteiger charge is -2.13. The van der Waals surface area contributed by atoms with Gasteiger partial charge in [-0.05, 0) is 13.8 Å². The van der Waals surface area contributed by atoms with Gasteiger partial charge < -0.3 is 9.88 Å². The first kappa shape index (κ1) is 10.7. The molecule has 2 rings (SSSR count). The third-order valence-corrected chi connectivity index (χ3v) is 2.63. The summed E-state index contributed by atoms with van der Waals surface area (Å²) in [5, 5.41) is 7.70. The third-order valence-electron chi connectivity index (χ3n) is 2.63. The summed E-state index contributed by atoms with van der Waals surface area (Å²) in [5.41, 5.74) is 2.06. The zero-order valence-corrected chi connectivity index (χ0v) is 10.1. The van der Waals surface area contributed by atoms with Gasteiger partial charge in [0.25, 0.3) is 0 Å². The SMILES string of the molecule is Cc1nn(C)cc1NC(C)c1nccn1C. The van der Waals surface area contributed by atoms with Crippen LogP contribution in [0.5, 0.6) is 0 Å². The molecule has 16 heavy (non-hydrogen) atoms. The van der Waals surface area contributed by atoms with Gasteiger partial charge in [0.05, 0.1) is 17.4 Å². The highest BCUT2D eigenvalue weighted by Gasteiger charge is 2.12. The number of rotatable bonds is 3. The van der Waals surface area contributed by atoms with Gasteiger partial charge in [-0.1, -0.05) is 0 Å². The highest BCUT2D eigenvalue weighted by molar-refractivity contribution is 5.46. The maximum atomic E-state index is 4.32. The van der Waals surface area contributed by atoms with E-state index in [4.69, 9.17) is 0 Å². The lowest BCUT2D eigenvalue weighted by atomic mass is 10.3. The highest BCUT2D eigenvalue weighted by Crippen LogP contribution is 2.19. The van der Waals surface area contributed by atoms with Crippen molar-refractivity contribution in [1.82, 2.24) is 19.3 Å². The number of hydrogen-bond acceptors (Lipinski definition) is 3. The molecular formula is C11H17N5. The average Bonchev–Trinajstić information content (AvgIpc) is 2.74. The van der Waals surface area contributed by atoms with Crippen LogP contribution in [-0.2, 0) is 14.1 Å². The molecule has 0 aliphatic rings. The van der Waals surface area contributed by atoms with Crippen LogP contribution in [0.1, 0.15) is 24.5 Å². The molecule has 0 fully saturated rings. The summed E-state index contributed by atoms with van der Waals surface area (Å²) >= 11 is 0. The Balaban J connectivity index is 2.16. The van der Waals surface area contributed by atoms with Crippen molar-refractivity contribution in [3.63, 3.8) is 0 Å². The van der Waals surface area contributed by atoms with Crippen LogP contribution >= 0.6 is 0 Å². The third kappa shape index (κ3) is 1.93. The first-order valence-corrected chi connectivity index (χ1v) is 5.32. The maximum absolute atomic E-state index is 4.32. The van der Waals surface area contributed by atoms with Crippen LogP contribution < -0.4 is 5.32 Å². The summed E-state index contributed by atoms with van der Waals surface area (Å²) < 4.78 is 3.83.